The summed E-state index contributed by atoms with van der Waals surface area (Å²) in [6, 6.07) is 13.2. The summed E-state index contributed by atoms with van der Waals surface area (Å²) in [5.74, 6) is 1.92. The van der Waals surface area contributed by atoms with Crippen LogP contribution in [0.4, 0.5) is 5.82 Å². The molecular weight excluding hydrogens is 404 g/mol. The van der Waals surface area contributed by atoms with E-state index in [9.17, 15) is 4.79 Å². The molecule has 164 valence electrons. The number of hydrogen-bond donors (Lipinski definition) is 2. The molecule has 32 heavy (non-hydrogen) atoms. The Morgan fingerprint density at radius 1 is 1.03 bits per heavy atom. The molecule has 0 saturated heterocycles. The molecule has 0 fully saturated rings. The van der Waals surface area contributed by atoms with Gasteiger partial charge in [0.05, 0.1) is 24.4 Å². The number of benzene rings is 2. The van der Waals surface area contributed by atoms with E-state index in [2.05, 4.69) is 57.7 Å². The van der Waals surface area contributed by atoms with Crippen LogP contribution >= 0.6 is 0 Å². The third-order valence-electron chi connectivity index (χ3n) is 5.18. The van der Waals surface area contributed by atoms with Gasteiger partial charge in [-0.2, -0.15) is 5.10 Å². The smallest absolute Gasteiger partial charge is 0.251 e. The summed E-state index contributed by atoms with van der Waals surface area (Å²) in [5, 5.41) is 11.6. The first-order valence-corrected chi connectivity index (χ1v) is 10.4. The Morgan fingerprint density at radius 2 is 1.81 bits per heavy atom. The van der Waals surface area contributed by atoms with E-state index in [0.717, 1.165) is 22.3 Å². The van der Waals surface area contributed by atoms with Crippen LogP contribution in [0.2, 0.25) is 0 Å². The lowest BCUT2D eigenvalue weighted by Gasteiger charge is -2.11. The van der Waals surface area contributed by atoms with Crippen molar-refractivity contribution in [3.63, 3.8) is 0 Å². The zero-order chi connectivity index (χ0) is 22.7. The third kappa shape index (κ3) is 4.39. The number of nitrogens with zero attached hydrogens (tertiary/aromatic N) is 4. The van der Waals surface area contributed by atoms with E-state index in [-0.39, 0.29) is 5.91 Å². The summed E-state index contributed by atoms with van der Waals surface area (Å²) in [6.45, 7) is 6.95. The molecule has 4 rings (SSSR count). The molecule has 0 aliphatic carbocycles. The highest BCUT2D eigenvalue weighted by atomic mass is 16.5. The van der Waals surface area contributed by atoms with Gasteiger partial charge in [0.2, 0.25) is 0 Å². The first-order valence-electron chi connectivity index (χ1n) is 10.4. The normalized spacial score (nSPS) is 10.9. The van der Waals surface area contributed by atoms with Gasteiger partial charge in [0, 0.05) is 18.7 Å². The predicted molar refractivity (Wildman–Crippen MR) is 125 cm³/mol. The zero-order valence-corrected chi connectivity index (χ0v) is 18.6. The summed E-state index contributed by atoms with van der Waals surface area (Å²) >= 11 is 0. The van der Waals surface area contributed by atoms with Crippen LogP contribution in [-0.4, -0.2) is 45.9 Å². The highest BCUT2D eigenvalue weighted by Gasteiger charge is 2.14. The van der Waals surface area contributed by atoms with Crippen molar-refractivity contribution in [2.75, 3.05) is 25.5 Å². The van der Waals surface area contributed by atoms with Crippen LogP contribution in [0.15, 0.2) is 48.7 Å². The Bertz CT molecular complexity index is 1260. The molecule has 4 aromatic rings. The second kappa shape index (κ2) is 9.05. The Morgan fingerprint density at radius 3 is 2.53 bits per heavy atom. The molecule has 0 saturated carbocycles. The molecule has 0 radical (unpaired) electrons. The fourth-order valence-electron chi connectivity index (χ4n) is 3.57. The topological polar surface area (TPSA) is 94.0 Å². The van der Waals surface area contributed by atoms with E-state index in [1.54, 1.807) is 37.6 Å². The molecule has 1 amide bonds. The number of rotatable bonds is 7. The van der Waals surface area contributed by atoms with Crippen LogP contribution in [0.3, 0.4) is 0 Å². The highest BCUT2D eigenvalue weighted by Crippen LogP contribution is 2.24. The van der Waals surface area contributed by atoms with Crippen LogP contribution in [-0.2, 0) is 0 Å². The lowest BCUT2D eigenvalue weighted by Crippen LogP contribution is -2.28. The number of carbonyl (C=O) groups is 1. The van der Waals surface area contributed by atoms with Gasteiger partial charge in [-0.25, -0.2) is 14.6 Å². The van der Waals surface area contributed by atoms with Crippen molar-refractivity contribution in [1.82, 2.24) is 25.1 Å². The Kier molecular flexibility index (Phi) is 6.02. The molecule has 0 bridgehead atoms. The zero-order valence-electron chi connectivity index (χ0n) is 18.6. The molecule has 2 heterocycles. The van der Waals surface area contributed by atoms with Gasteiger partial charge >= 0.3 is 0 Å². The summed E-state index contributed by atoms with van der Waals surface area (Å²) in [7, 11) is 1.60. The molecule has 0 aliphatic rings. The molecule has 0 spiro atoms. The van der Waals surface area contributed by atoms with Crippen molar-refractivity contribution in [3.05, 3.63) is 71.2 Å². The molecule has 0 unspecified atom stereocenters. The minimum atomic E-state index is -0.138. The summed E-state index contributed by atoms with van der Waals surface area (Å²) < 4.78 is 6.96. The molecule has 8 nitrogen and oxygen atoms in total. The van der Waals surface area contributed by atoms with Crippen molar-refractivity contribution < 1.29 is 9.53 Å². The fraction of sp³-hybridized carbons (Fsp3) is 0.250. The van der Waals surface area contributed by atoms with E-state index >= 15 is 0 Å². The van der Waals surface area contributed by atoms with Crippen molar-refractivity contribution in [1.29, 1.82) is 0 Å². The van der Waals surface area contributed by atoms with Gasteiger partial charge in [-0.05, 0) is 56.7 Å². The minimum absolute atomic E-state index is 0.138. The number of hydrogen-bond acceptors (Lipinski definition) is 6. The van der Waals surface area contributed by atoms with Crippen LogP contribution in [0.1, 0.15) is 27.3 Å². The van der Waals surface area contributed by atoms with Crippen molar-refractivity contribution >= 4 is 22.8 Å². The number of aryl methyl sites for hydroxylation is 3. The van der Waals surface area contributed by atoms with E-state index in [1.165, 1.54) is 5.56 Å². The van der Waals surface area contributed by atoms with Gasteiger partial charge < -0.3 is 15.4 Å². The van der Waals surface area contributed by atoms with Gasteiger partial charge in [0.25, 0.3) is 5.91 Å². The predicted octanol–water partition coefficient (Wildman–Crippen LogP) is 3.59. The maximum atomic E-state index is 12.3. The van der Waals surface area contributed by atoms with Crippen LogP contribution in [0.25, 0.3) is 16.7 Å². The minimum Gasteiger partial charge on any atom is -0.497 e. The van der Waals surface area contributed by atoms with Gasteiger partial charge in [-0.1, -0.05) is 17.7 Å². The second-order valence-electron chi connectivity index (χ2n) is 7.61. The van der Waals surface area contributed by atoms with Crippen molar-refractivity contribution in [2.45, 2.75) is 20.8 Å². The van der Waals surface area contributed by atoms with Gasteiger partial charge in [-0.3, -0.25) is 4.79 Å². The van der Waals surface area contributed by atoms with Crippen molar-refractivity contribution in [3.8, 4) is 11.4 Å². The second-order valence-corrected chi connectivity index (χ2v) is 7.61. The Labute approximate surface area is 186 Å². The van der Waals surface area contributed by atoms with Gasteiger partial charge in [0.1, 0.15) is 17.4 Å². The lowest BCUT2D eigenvalue weighted by atomic mass is 10.1. The number of amides is 1. The molecular formula is C24H26N6O2. The van der Waals surface area contributed by atoms with Crippen LogP contribution in [0, 0.1) is 20.8 Å². The van der Waals surface area contributed by atoms with Gasteiger partial charge in [0.15, 0.2) is 5.65 Å². The molecule has 2 N–H and O–H groups in total. The number of nitrogens with one attached hydrogen (secondary N) is 2. The summed E-state index contributed by atoms with van der Waals surface area (Å²) in [5.41, 5.74) is 4.64. The molecule has 2 aromatic carbocycles. The molecule has 2 aromatic heterocycles. The van der Waals surface area contributed by atoms with Gasteiger partial charge in [-0.15, -0.1) is 0 Å². The Hall–Kier alpha value is -3.94. The van der Waals surface area contributed by atoms with E-state index < -0.39 is 0 Å². The number of anilines is 1. The van der Waals surface area contributed by atoms with Crippen LogP contribution < -0.4 is 15.4 Å². The maximum absolute atomic E-state index is 12.3. The van der Waals surface area contributed by atoms with Crippen LogP contribution in [0.5, 0.6) is 5.75 Å². The first kappa shape index (κ1) is 21.3. The average molecular weight is 431 g/mol. The number of carbonyl (C=O) groups excluding carboxylic acids is 1. The largest absolute Gasteiger partial charge is 0.497 e. The SMILES string of the molecule is COc1ccc(C(=O)NCCNc2nc(C)nc3c2cnn3-c2ccc(C)cc2C)cc1. The van der Waals surface area contributed by atoms with E-state index in [1.807, 2.05) is 11.6 Å². The number of aromatic nitrogens is 4. The highest BCUT2D eigenvalue weighted by molar-refractivity contribution is 5.94. The number of fused-ring (bicyclic) bond motifs is 1. The number of ether oxygens (including phenoxy) is 1. The maximum Gasteiger partial charge on any atom is 0.251 e. The molecule has 0 atom stereocenters. The first-order chi connectivity index (χ1) is 15.5. The van der Waals surface area contributed by atoms with Crippen molar-refractivity contribution in [2.24, 2.45) is 0 Å². The monoisotopic (exact) mass is 430 g/mol. The third-order valence-corrected chi connectivity index (χ3v) is 5.18. The molecule has 0 aliphatic heterocycles. The summed E-state index contributed by atoms with van der Waals surface area (Å²) in [6.07, 6.45) is 1.77. The Balaban J connectivity index is 1.46. The average Bonchev–Trinajstić information content (AvgIpc) is 3.20. The lowest BCUT2D eigenvalue weighted by molar-refractivity contribution is 0.0955. The number of methoxy groups -OCH3 is 1. The standard InChI is InChI=1S/C24H26N6O2/c1-15-5-10-21(16(2)13-15)30-23-20(14-27-30)22(28-17(3)29-23)25-11-12-26-24(31)18-6-8-19(32-4)9-7-18/h5-10,13-14H,11-12H2,1-4H3,(H,26,31)(H,25,28,29). The fourth-order valence-corrected chi connectivity index (χ4v) is 3.57. The van der Waals surface area contributed by atoms with E-state index in [4.69, 9.17) is 4.74 Å². The van der Waals surface area contributed by atoms with E-state index in [0.29, 0.717) is 36.0 Å². The molecule has 8 heteroatoms. The summed E-state index contributed by atoms with van der Waals surface area (Å²) in [4.78, 5) is 21.5. The quantitative estimate of drug-likeness (QED) is 0.435.